The lowest BCUT2D eigenvalue weighted by Crippen LogP contribution is -2.33. The van der Waals surface area contributed by atoms with Crippen LogP contribution in [0.15, 0.2) is 65.8 Å². The smallest absolute Gasteiger partial charge is 0.283 e. The Hall–Kier alpha value is -4.58. The summed E-state index contributed by atoms with van der Waals surface area (Å²) in [7, 11) is 3.26. The van der Waals surface area contributed by atoms with Crippen LogP contribution in [0.5, 0.6) is 5.75 Å². The summed E-state index contributed by atoms with van der Waals surface area (Å²) < 4.78 is 36.3. The highest BCUT2D eigenvalue weighted by Gasteiger charge is 2.25. The fraction of sp³-hybridized carbons (Fsp3) is 0.276. The Labute approximate surface area is 244 Å². The molecule has 42 heavy (non-hydrogen) atoms. The molecule has 1 amide bonds. The van der Waals surface area contributed by atoms with Crippen LogP contribution in [0.4, 0.5) is 14.5 Å². The topological polar surface area (TPSA) is 109 Å². The molecule has 0 fully saturated rings. The number of fused-ring (bicyclic) bond motifs is 1. The molecule has 0 aliphatic carbocycles. The molecule has 0 radical (unpaired) electrons. The van der Waals surface area contributed by atoms with Gasteiger partial charge in [-0.1, -0.05) is 36.6 Å². The third-order valence-corrected chi connectivity index (χ3v) is 7.09. The summed E-state index contributed by atoms with van der Waals surface area (Å²) in [4.78, 5) is 27.2. The standard InChI is InChI=1S/C29H28ClF2N7O3/c1-4-5-6-25(29(41)33-19-8-9-22-17(11-19)14-37(2)35-22)38-16-26(42-3)21(13-27(38)40)20-12-18(30)7-10-24(20)39-15-23(28(31)32)34-36-39/h7-16,25,28H,4-6H2,1-3H3,(H,33,41). The molecule has 0 aliphatic heterocycles. The Bertz CT molecular complexity index is 1810. The summed E-state index contributed by atoms with van der Waals surface area (Å²) in [6, 6.07) is 10.7. The van der Waals surface area contributed by atoms with Crippen molar-refractivity contribution >= 4 is 34.1 Å². The molecule has 1 unspecified atom stereocenters. The van der Waals surface area contributed by atoms with Crippen LogP contribution in [-0.4, -0.2) is 42.4 Å². The fourth-order valence-electron chi connectivity index (χ4n) is 4.81. The van der Waals surface area contributed by atoms with Gasteiger partial charge in [-0.2, -0.15) is 5.10 Å². The zero-order chi connectivity index (χ0) is 30.0. The second-order valence-corrected chi connectivity index (χ2v) is 10.2. The number of halogens is 3. The number of unbranched alkanes of at least 4 members (excludes halogenated alkanes) is 1. The SMILES string of the molecule is CCCCC(C(=O)Nc1ccc2nn(C)cc2c1)n1cc(OC)c(-c2cc(Cl)ccc2-n2cc(C(F)F)nn2)cc1=O. The third-order valence-electron chi connectivity index (χ3n) is 6.85. The van der Waals surface area contributed by atoms with E-state index in [0.717, 1.165) is 23.5 Å². The van der Waals surface area contributed by atoms with Gasteiger partial charge in [0.05, 0.1) is 30.7 Å². The number of amides is 1. The maximum Gasteiger partial charge on any atom is 0.283 e. The summed E-state index contributed by atoms with van der Waals surface area (Å²) in [6.45, 7) is 2.00. The van der Waals surface area contributed by atoms with Crippen LogP contribution in [0.2, 0.25) is 5.02 Å². The minimum absolute atomic E-state index is 0.276. The molecule has 0 spiro atoms. The van der Waals surface area contributed by atoms with Gasteiger partial charge in [0.15, 0.2) is 0 Å². The molecule has 5 rings (SSSR count). The quantitative estimate of drug-likeness (QED) is 0.214. The van der Waals surface area contributed by atoms with Crippen molar-refractivity contribution in [3.05, 3.63) is 82.1 Å². The van der Waals surface area contributed by atoms with E-state index in [0.29, 0.717) is 40.4 Å². The number of hydrogen-bond acceptors (Lipinski definition) is 6. The van der Waals surface area contributed by atoms with Gasteiger partial charge in [0.25, 0.3) is 12.0 Å². The number of carbonyl (C=O) groups excluding carboxylic acids is 1. The second-order valence-electron chi connectivity index (χ2n) is 9.77. The Kier molecular flexibility index (Phi) is 8.34. The first-order valence-electron chi connectivity index (χ1n) is 13.2. The van der Waals surface area contributed by atoms with Crippen LogP contribution in [-0.2, 0) is 11.8 Å². The van der Waals surface area contributed by atoms with Crippen molar-refractivity contribution in [2.45, 2.75) is 38.7 Å². The number of pyridine rings is 1. The van der Waals surface area contributed by atoms with Gasteiger partial charge in [0.2, 0.25) is 5.91 Å². The van der Waals surface area contributed by atoms with E-state index in [4.69, 9.17) is 16.3 Å². The van der Waals surface area contributed by atoms with E-state index in [9.17, 15) is 18.4 Å². The molecule has 10 nitrogen and oxygen atoms in total. The molecule has 0 aliphatic rings. The van der Waals surface area contributed by atoms with Crippen molar-refractivity contribution in [1.29, 1.82) is 0 Å². The molecule has 0 saturated carbocycles. The number of nitrogens with one attached hydrogen (secondary N) is 1. The lowest BCUT2D eigenvalue weighted by Gasteiger charge is -2.22. The average Bonchev–Trinajstić information content (AvgIpc) is 3.60. The maximum atomic E-state index is 13.6. The van der Waals surface area contributed by atoms with Gasteiger partial charge in [-0.15, -0.1) is 5.10 Å². The van der Waals surface area contributed by atoms with Crippen LogP contribution < -0.4 is 15.6 Å². The monoisotopic (exact) mass is 595 g/mol. The molecular weight excluding hydrogens is 568 g/mol. The number of hydrogen-bond donors (Lipinski definition) is 1. The predicted molar refractivity (Wildman–Crippen MR) is 155 cm³/mol. The van der Waals surface area contributed by atoms with Gasteiger partial charge in [0.1, 0.15) is 17.5 Å². The van der Waals surface area contributed by atoms with Crippen molar-refractivity contribution < 1.29 is 18.3 Å². The molecule has 1 N–H and O–H groups in total. The van der Waals surface area contributed by atoms with E-state index >= 15 is 0 Å². The number of methoxy groups -OCH3 is 1. The number of aryl methyl sites for hydroxylation is 1. The van der Waals surface area contributed by atoms with Crippen LogP contribution in [0.3, 0.4) is 0 Å². The zero-order valence-electron chi connectivity index (χ0n) is 23.1. The zero-order valence-corrected chi connectivity index (χ0v) is 23.8. The largest absolute Gasteiger partial charge is 0.495 e. The second kappa shape index (κ2) is 12.1. The van der Waals surface area contributed by atoms with E-state index in [2.05, 4.69) is 20.7 Å². The van der Waals surface area contributed by atoms with Crippen molar-refractivity contribution in [1.82, 2.24) is 29.3 Å². The minimum atomic E-state index is -2.80. The fourth-order valence-corrected chi connectivity index (χ4v) is 4.98. The molecule has 5 aromatic rings. The van der Waals surface area contributed by atoms with Crippen LogP contribution in [0, 0.1) is 0 Å². The van der Waals surface area contributed by atoms with Crippen molar-refractivity contribution in [2.75, 3.05) is 12.4 Å². The summed E-state index contributed by atoms with van der Waals surface area (Å²) in [5, 5.41) is 15.9. The molecule has 2 aromatic carbocycles. The van der Waals surface area contributed by atoms with Crippen molar-refractivity contribution in [3.8, 4) is 22.6 Å². The number of anilines is 1. The normalized spacial score (nSPS) is 12.2. The molecule has 13 heteroatoms. The predicted octanol–water partition coefficient (Wildman–Crippen LogP) is 5.95. The number of nitrogens with zero attached hydrogens (tertiary/aromatic N) is 6. The third kappa shape index (κ3) is 5.89. The molecule has 0 bridgehead atoms. The number of rotatable bonds is 10. The Morgan fingerprint density at radius 2 is 1.90 bits per heavy atom. The van der Waals surface area contributed by atoms with Crippen LogP contribution in [0.1, 0.15) is 44.3 Å². The maximum absolute atomic E-state index is 13.6. The Morgan fingerprint density at radius 1 is 1.10 bits per heavy atom. The first kappa shape index (κ1) is 28.9. The molecule has 3 aromatic heterocycles. The Balaban J connectivity index is 1.54. The first-order valence-corrected chi connectivity index (χ1v) is 13.6. The first-order chi connectivity index (χ1) is 20.2. The van der Waals surface area contributed by atoms with Gasteiger partial charge in [-0.25, -0.2) is 13.5 Å². The van der Waals surface area contributed by atoms with Crippen molar-refractivity contribution in [2.24, 2.45) is 7.05 Å². The van der Waals surface area contributed by atoms with Gasteiger partial charge >= 0.3 is 0 Å². The molecule has 0 saturated heterocycles. The number of ether oxygens (including phenoxy) is 1. The van der Waals surface area contributed by atoms with E-state index < -0.39 is 23.7 Å². The summed E-state index contributed by atoms with van der Waals surface area (Å²) in [5.74, 6) is -0.0763. The van der Waals surface area contributed by atoms with E-state index in [-0.39, 0.29) is 11.7 Å². The van der Waals surface area contributed by atoms with Gasteiger partial charge in [-0.05, 0) is 42.8 Å². The van der Waals surface area contributed by atoms with Crippen LogP contribution >= 0.6 is 11.6 Å². The van der Waals surface area contributed by atoms with Gasteiger partial charge < -0.3 is 10.1 Å². The van der Waals surface area contributed by atoms with E-state index in [1.165, 1.54) is 28.6 Å². The number of aromatic nitrogens is 6. The summed E-state index contributed by atoms with van der Waals surface area (Å²) >= 11 is 6.29. The average molecular weight is 596 g/mol. The van der Waals surface area contributed by atoms with Crippen molar-refractivity contribution in [3.63, 3.8) is 0 Å². The van der Waals surface area contributed by atoms with Crippen LogP contribution in [0.25, 0.3) is 27.7 Å². The number of alkyl halides is 2. The van der Waals surface area contributed by atoms with E-state index in [1.807, 2.05) is 32.3 Å². The molecule has 218 valence electrons. The minimum Gasteiger partial charge on any atom is -0.495 e. The van der Waals surface area contributed by atoms with Gasteiger partial charge in [0, 0.05) is 46.5 Å². The highest BCUT2D eigenvalue weighted by molar-refractivity contribution is 6.31. The van der Waals surface area contributed by atoms with Gasteiger partial charge in [-0.3, -0.25) is 18.8 Å². The molecule has 3 heterocycles. The summed E-state index contributed by atoms with van der Waals surface area (Å²) in [6.07, 6.45) is 3.58. The highest BCUT2D eigenvalue weighted by atomic mass is 35.5. The number of carbonyl (C=O) groups is 1. The Morgan fingerprint density at radius 3 is 2.62 bits per heavy atom. The number of benzene rings is 2. The molecule has 1 atom stereocenters. The molecular formula is C29H28ClF2N7O3. The highest BCUT2D eigenvalue weighted by Crippen LogP contribution is 2.36. The summed E-state index contributed by atoms with van der Waals surface area (Å²) in [5.41, 5.74) is 1.55. The lowest BCUT2D eigenvalue weighted by molar-refractivity contribution is -0.119. The van der Waals surface area contributed by atoms with E-state index in [1.54, 1.807) is 28.9 Å². The lowest BCUT2D eigenvalue weighted by atomic mass is 10.0.